The molecule has 5 rings (SSSR count). The standard InChI is InChI=1S/C24H25F2N5O2/c1-5-31(22(32)21-27-13(2)33-30-21)12-24-10-9-15(23(24,3)4)14-11-18(28-29-20(14)24)19-16(25)7-6-8-17(19)26/h6-8,11,15H,5,9-10,12H2,1-4H3/t15-,24-/m0/s1. The molecule has 2 heterocycles. The molecule has 1 saturated carbocycles. The van der Waals surface area contributed by atoms with E-state index in [1.54, 1.807) is 17.9 Å². The quantitative estimate of drug-likeness (QED) is 0.568. The van der Waals surface area contributed by atoms with E-state index in [1.807, 2.05) is 6.92 Å². The van der Waals surface area contributed by atoms with E-state index in [4.69, 9.17) is 4.52 Å². The molecule has 0 spiro atoms. The molecule has 0 N–H and O–H groups in total. The van der Waals surface area contributed by atoms with Crippen LogP contribution in [-0.4, -0.2) is 44.2 Å². The number of halogens is 2. The lowest BCUT2D eigenvalue weighted by Crippen LogP contribution is -2.48. The van der Waals surface area contributed by atoms with Crippen molar-refractivity contribution in [2.75, 3.05) is 13.1 Å². The van der Waals surface area contributed by atoms with Crippen LogP contribution in [0.5, 0.6) is 0 Å². The second kappa shape index (κ2) is 7.40. The van der Waals surface area contributed by atoms with Crippen molar-refractivity contribution in [1.29, 1.82) is 0 Å². The number of carbonyl (C=O) groups is 1. The monoisotopic (exact) mass is 453 g/mol. The Morgan fingerprint density at radius 1 is 1.24 bits per heavy atom. The van der Waals surface area contributed by atoms with E-state index in [2.05, 4.69) is 34.2 Å². The summed E-state index contributed by atoms with van der Waals surface area (Å²) in [7, 11) is 0. The van der Waals surface area contributed by atoms with Crippen molar-refractivity contribution in [1.82, 2.24) is 25.2 Å². The minimum Gasteiger partial charge on any atom is -0.339 e. The first-order valence-corrected chi connectivity index (χ1v) is 11.1. The molecule has 33 heavy (non-hydrogen) atoms. The van der Waals surface area contributed by atoms with Crippen LogP contribution in [-0.2, 0) is 5.41 Å². The molecule has 1 amide bonds. The number of hydrogen-bond donors (Lipinski definition) is 0. The van der Waals surface area contributed by atoms with Crippen LogP contribution in [0, 0.1) is 24.0 Å². The van der Waals surface area contributed by atoms with Gasteiger partial charge in [-0.2, -0.15) is 15.2 Å². The van der Waals surface area contributed by atoms with Gasteiger partial charge in [0.15, 0.2) is 0 Å². The Morgan fingerprint density at radius 2 is 1.97 bits per heavy atom. The molecule has 0 radical (unpaired) electrons. The minimum absolute atomic E-state index is 0.0350. The fourth-order valence-electron chi connectivity index (χ4n) is 5.82. The molecule has 2 aliphatic rings. The van der Waals surface area contributed by atoms with Crippen molar-refractivity contribution in [2.24, 2.45) is 5.41 Å². The first kappa shape index (κ1) is 21.6. The van der Waals surface area contributed by atoms with Crippen molar-refractivity contribution in [3.05, 3.63) is 58.9 Å². The maximum atomic E-state index is 14.4. The first-order chi connectivity index (χ1) is 15.7. The second-order valence-corrected chi connectivity index (χ2v) is 9.48. The first-order valence-electron chi connectivity index (χ1n) is 11.1. The summed E-state index contributed by atoms with van der Waals surface area (Å²) in [4.78, 5) is 18.9. The van der Waals surface area contributed by atoms with E-state index in [-0.39, 0.29) is 34.3 Å². The van der Waals surface area contributed by atoms with E-state index in [0.29, 0.717) is 19.0 Å². The van der Waals surface area contributed by atoms with Crippen molar-refractivity contribution in [2.45, 2.75) is 51.9 Å². The van der Waals surface area contributed by atoms with Gasteiger partial charge in [0, 0.05) is 25.4 Å². The third-order valence-electron chi connectivity index (χ3n) is 7.68. The third-order valence-corrected chi connectivity index (χ3v) is 7.68. The summed E-state index contributed by atoms with van der Waals surface area (Å²) in [5.41, 5.74) is 1.13. The molecule has 0 saturated heterocycles. The number of nitrogens with zero attached hydrogens (tertiary/aromatic N) is 5. The van der Waals surface area contributed by atoms with Crippen molar-refractivity contribution < 1.29 is 18.1 Å². The zero-order valence-electron chi connectivity index (χ0n) is 19.0. The third kappa shape index (κ3) is 3.01. The zero-order valence-corrected chi connectivity index (χ0v) is 19.0. The van der Waals surface area contributed by atoms with Gasteiger partial charge in [-0.25, -0.2) is 8.78 Å². The highest BCUT2D eigenvalue weighted by atomic mass is 19.1. The molecular formula is C24H25F2N5O2. The lowest BCUT2D eigenvalue weighted by atomic mass is 9.68. The number of benzene rings is 1. The Bertz CT molecular complexity index is 1240. The number of carbonyl (C=O) groups excluding carboxylic acids is 1. The molecule has 0 unspecified atom stereocenters. The molecule has 0 aliphatic heterocycles. The van der Waals surface area contributed by atoms with Gasteiger partial charge in [-0.15, -0.1) is 0 Å². The van der Waals surface area contributed by atoms with Crippen LogP contribution < -0.4 is 0 Å². The summed E-state index contributed by atoms with van der Waals surface area (Å²) in [5, 5.41) is 12.5. The maximum absolute atomic E-state index is 14.4. The average molecular weight is 453 g/mol. The van der Waals surface area contributed by atoms with Gasteiger partial charge >= 0.3 is 0 Å². The normalized spacial score (nSPS) is 22.4. The minimum atomic E-state index is -0.667. The van der Waals surface area contributed by atoms with Gasteiger partial charge in [-0.1, -0.05) is 25.1 Å². The van der Waals surface area contributed by atoms with Crippen LogP contribution in [0.2, 0.25) is 0 Å². The van der Waals surface area contributed by atoms with Crippen LogP contribution >= 0.6 is 0 Å². The average Bonchev–Trinajstić information content (AvgIpc) is 3.37. The van der Waals surface area contributed by atoms with Crippen molar-refractivity contribution in [3.63, 3.8) is 0 Å². The van der Waals surface area contributed by atoms with Crippen LogP contribution in [0.4, 0.5) is 8.78 Å². The smallest absolute Gasteiger partial charge is 0.295 e. The van der Waals surface area contributed by atoms with Gasteiger partial charge in [-0.05, 0) is 54.9 Å². The Labute approximate surface area is 190 Å². The highest BCUT2D eigenvalue weighted by Gasteiger charge is 2.64. The van der Waals surface area contributed by atoms with Gasteiger partial charge in [0.1, 0.15) is 11.6 Å². The van der Waals surface area contributed by atoms with Crippen molar-refractivity contribution in [3.8, 4) is 11.3 Å². The lowest BCUT2D eigenvalue weighted by Gasteiger charge is -2.41. The fourth-order valence-corrected chi connectivity index (χ4v) is 5.82. The maximum Gasteiger partial charge on any atom is 0.295 e. The Kier molecular flexibility index (Phi) is 4.84. The molecule has 1 aromatic carbocycles. The number of aryl methyl sites for hydroxylation is 1. The Hall–Kier alpha value is -3.23. The predicted molar refractivity (Wildman–Crippen MR) is 115 cm³/mol. The lowest BCUT2D eigenvalue weighted by molar-refractivity contribution is 0.0637. The highest BCUT2D eigenvalue weighted by Crippen LogP contribution is 2.67. The van der Waals surface area contributed by atoms with E-state index >= 15 is 0 Å². The summed E-state index contributed by atoms with van der Waals surface area (Å²) in [5.74, 6) is -1.11. The number of hydrogen-bond acceptors (Lipinski definition) is 6. The largest absolute Gasteiger partial charge is 0.339 e. The van der Waals surface area contributed by atoms with Gasteiger partial charge in [0.2, 0.25) is 5.89 Å². The molecular weight excluding hydrogens is 428 g/mol. The van der Waals surface area contributed by atoms with E-state index in [0.717, 1.165) is 24.1 Å². The summed E-state index contributed by atoms with van der Waals surface area (Å²) in [6.45, 7) is 8.79. The molecule has 7 nitrogen and oxygen atoms in total. The number of fused-ring (bicyclic) bond motifs is 5. The summed E-state index contributed by atoms with van der Waals surface area (Å²) < 4.78 is 33.8. The molecule has 172 valence electrons. The predicted octanol–water partition coefficient (Wildman–Crippen LogP) is 4.43. The second-order valence-electron chi connectivity index (χ2n) is 9.48. The van der Waals surface area contributed by atoms with Gasteiger partial charge in [0.25, 0.3) is 11.7 Å². The van der Waals surface area contributed by atoms with Crippen molar-refractivity contribution >= 4 is 5.91 Å². The SMILES string of the molecule is CCN(C[C@@]12CC[C@@H](c3cc(-c4c(F)cccc4F)nnc31)C2(C)C)C(=O)c1noc(C)n1. The topological polar surface area (TPSA) is 85.0 Å². The van der Waals surface area contributed by atoms with E-state index in [1.165, 1.54) is 18.2 Å². The number of amides is 1. The molecule has 3 aromatic rings. The van der Waals surface area contributed by atoms with Crippen LogP contribution in [0.1, 0.15) is 67.3 Å². The summed E-state index contributed by atoms with van der Waals surface area (Å²) >= 11 is 0. The van der Waals surface area contributed by atoms with Gasteiger partial charge in [0.05, 0.1) is 17.0 Å². The molecule has 9 heteroatoms. The molecule has 2 aromatic heterocycles. The zero-order chi connectivity index (χ0) is 23.5. The van der Waals surface area contributed by atoms with Crippen LogP contribution in [0.25, 0.3) is 11.3 Å². The Morgan fingerprint density at radius 3 is 2.61 bits per heavy atom. The Balaban J connectivity index is 1.56. The van der Waals surface area contributed by atoms with E-state index < -0.39 is 17.0 Å². The highest BCUT2D eigenvalue weighted by molar-refractivity contribution is 5.90. The number of rotatable bonds is 5. The van der Waals surface area contributed by atoms with Crippen LogP contribution in [0.3, 0.4) is 0 Å². The van der Waals surface area contributed by atoms with Crippen LogP contribution in [0.15, 0.2) is 28.8 Å². The van der Waals surface area contributed by atoms with Gasteiger partial charge in [-0.3, -0.25) is 4.79 Å². The molecule has 2 aliphatic carbocycles. The molecule has 2 atom stereocenters. The van der Waals surface area contributed by atoms with Gasteiger partial charge < -0.3 is 9.42 Å². The van der Waals surface area contributed by atoms with E-state index in [9.17, 15) is 13.6 Å². The number of likely N-dealkylation sites (N-methyl/N-ethyl adjacent to an activating group) is 1. The molecule has 2 bridgehead atoms. The molecule has 1 fully saturated rings. The number of aromatic nitrogens is 4. The fraction of sp³-hybridized carbons (Fsp3) is 0.458. The summed E-state index contributed by atoms with van der Waals surface area (Å²) in [6, 6.07) is 5.54. The summed E-state index contributed by atoms with van der Waals surface area (Å²) in [6.07, 6.45) is 1.74.